The molecular weight excluding hydrogens is 218 g/mol. The predicted octanol–water partition coefficient (Wildman–Crippen LogP) is 1.26. The molecule has 0 saturated heterocycles. The Bertz CT molecular complexity index is 346. The van der Waals surface area contributed by atoms with Crippen LogP contribution >= 0.6 is 0 Å². The van der Waals surface area contributed by atoms with Gasteiger partial charge in [0.25, 0.3) is 5.91 Å². The average Bonchev–Trinajstić information content (AvgIpc) is 2.28. The van der Waals surface area contributed by atoms with Gasteiger partial charge in [-0.25, -0.2) is 0 Å². The van der Waals surface area contributed by atoms with Crippen LogP contribution in [0, 0.1) is 6.92 Å². The van der Waals surface area contributed by atoms with Crippen LogP contribution in [0.5, 0.6) is 5.75 Å². The maximum Gasteiger partial charge on any atom is 0.257 e. The van der Waals surface area contributed by atoms with Crippen molar-refractivity contribution in [2.75, 3.05) is 13.2 Å². The van der Waals surface area contributed by atoms with Crippen molar-refractivity contribution in [1.29, 1.82) is 0 Å². The van der Waals surface area contributed by atoms with Crippen LogP contribution in [-0.2, 0) is 4.79 Å². The number of carbonyl (C=O) groups is 1. The summed E-state index contributed by atoms with van der Waals surface area (Å²) in [6.45, 7) is 4.15. The van der Waals surface area contributed by atoms with E-state index in [1.54, 1.807) is 6.92 Å². The van der Waals surface area contributed by atoms with Crippen molar-refractivity contribution in [1.82, 2.24) is 5.32 Å². The van der Waals surface area contributed by atoms with Crippen molar-refractivity contribution in [3.63, 3.8) is 0 Å². The third-order valence-corrected chi connectivity index (χ3v) is 2.28. The highest BCUT2D eigenvalue weighted by molar-refractivity contribution is 5.77. The Balaban J connectivity index is 2.21. The second kappa shape index (κ2) is 6.91. The largest absolute Gasteiger partial charge is 0.484 e. The van der Waals surface area contributed by atoms with Crippen molar-refractivity contribution in [2.45, 2.75) is 26.4 Å². The standard InChI is InChI=1S/C13H19NO3/c1-10-3-5-12(6-4-10)17-9-13(16)14-8-7-11(2)15/h3-6,11,15H,7-9H2,1-2H3,(H,14,16). The zero-order chi connectivity index (χ0) is 12.7. The third kappa shape index (κ3) is 5.92. The summed E-state index contributed by atoms with van der Waals surface area (Å²) < 4.78 is 5.31. The number of carbonyl (C=O) groups excluding carboxylic acids is 1. The van der Waals surface area contributed by atoms with Gasteiger partial charge in [-0.3, -0.25) is 4.79 Å². The van der Waals surface area contributed by atoms with Crippen molar-refractivity contribution < 1.29 is 14.6 Å². The summed E-state index contributed by atoms with van der Waals surface area (Å²) in [4.78, 5) is 11.3. The maximum absolute atomic E-state index is 11.3. The number of aliphatic hydroxyl groups is 1. The summed E-state index contributed by atoms with van der Waals surface area (Å²) in [5.41, 5.74) is 1.15. The van der Waals surface area contributed by atoms with Gasteiger partial charge in [-0.1, -0.05) is 17.7 Å². The lowest BCUT2D eigenvalue weighted by atomic mass is 10.2. The van der Waals surface area contributed by atoms with Gasteiger partial charge in [-0.2, -0.15) is 0 Å². The molecule has 0 aliphatic heterocycles. The minimum absolute atomic E-state index is 0.00285. The molecule has 1 aromatic carbocycles. The topological polar surface area (TPSA) is 58.6 Å². The fraction of sp³-hybridized carbons (Fsp3) is 0.462. The molecule has 0 bridgehead atoms. The highest BCUT2D eigenvalue weighted by Gasteiger charge is 2.03. The van der Waals surface area contributed by atoms with Gasteiger partial charge in [0, 0.05) is 6.54 Å². The van der Waals surface area contributed by atoms with Crippen molar-refractivity contribution in [3.05, 3.63) is 29.8 Å². The van der Waals surface area contributed by atoms with Gasteiger partial charge in [-0.15, -0.1) is 0 Å². The number of aryl methyl sites for hydroxylation is 1. The minimum Gasteiger partial charge on any atom is -0.484 e. The summed E-state index contributed by atoms with van der Waals surface area (Å²) >= 11 is 0. The Labute approximate surface area is 102 Å². The van der Waals surface area contributed by atoms with Crippen LogP contribution < -0.4 is 10.1 Å². The van der Waals surface area contributed by atoms with E-state index in [-0.39, 0.29) is 12.5 Å². The highest BCUT2D eigenvalue weighted by Crippen LogP contribution is 2.10. The van der Waals surface area contributed by atoms with Gasteiger partial charge in [0.2, 0.25) is 0 Å². The molecule has 17 heavy (non-hydrogen) atoms. The number of ether oxygens (including phenoxy) is 1. The Hall–Kier alpha value is -1.55. The Kier molecular flexibility index (Phi) is 5.49. The number of aliphatic hydroxyl groups excluding tert-OH is 1. The predicted molar refractivity (Wildman–Crippen MR) is 66.0 cm³/mol. The van der Waals surface area contributed by atoms with Crippen LogP contribution in [-0.4, -0.2) is 30.3 Å². The number of rotatable bonds is 6. The Morgan fingerprint density at radius 1 is 1.41 bits per heavy atom. The second-order valence-corrected chi connectivity index (χ2v) is 4.09. The van der Waals surface area contributed by atoms with Gasteiger partial charge < -0.3 is 15.2 Å². The van der Waals surface area contributed by atoms with Crippen LogP contribution in [0.15, 0.2) is 24.3 Å². The van der Waals surface area contributed by atoms with E-state index in [0.717, 1.165) is 5.56 Å². The molecule has 0 aliphatic carbocycles. The number of hydrogen-bond acceptors (Lipinski definition) is 3. The molecule has 94 valence electrons. The molecule has 0 saturated carbocycles. The van der Waals surface area contributed by atoms with E-state index < -0.39 is 6.10 Å². The van der Waals surface area contributed by atoms with E-state index >= 15 is 0 Å². The van der Waals surface area contributed by atoms with E-state index in [9.17, 15) is 4.79 Å². The highest BCUT2D eigenvalue weighted by atomic mass is 16.5. The molecule has 0 aliphatic rings. The van der Waals surface area contributed by atoms with Crippen molar-refractivity contribution >= 4 is 5.91 Å². The van der Waals surface area contributed by atoms with Crippen LogP contribution in [0.3, 0.4) is 0 Å². The molecule has 1 amide bonds. The molecule has 1 aromatic rings. The molecule has 0 spiro atoms. The maximum atomic E-state index is 11.3. The van der Waals surface area contributed by atoms with Crippen molar-refractivity contribution in [2.24, 2.45) is 0 Å². The summed E-state index contributed by atoms with van der Waals surface area (Å²) in [5.74, 6) is 0.507. The quantitative estimate of drug-likeness (QED) is 0.783. The first kappa shape index (κ1) is 13.5. The van der Waals surface area contributed by atoms with E-state index in [2.05, 4.69) is 5.32 Å². The van der Waals surface area contributed by atoms with E-state index in [0.29, 0.717) is 18.7 Å². The van der Waals surface area contributed by atoms with Crippen LogP contribution in [0.25, 0.3) is 0 Å². The molecule has 1 atom stereocenters. The van der Waals surface area contributed by atoms with Crippen LogP contribution in [0.1, 0.15) is 18.9 Å². The molecule has 1 unspecified atom stereocenters. The first-order valence-electron chi connectivity index (χ1n) is 5.72. The normalized spacial score (nSPS) is 11.9. The molecule has 4 nitrogen and oxygen atoms in total. The zero-order valence-corrected chi connectivity index (χ0v) is 10.3. The fourth-order valence-corrected chi connectivity index (χ4v) is 1.25. The number of benzene rings is 1. The fourth-order valence-electron chi connectivity index (χ4n) is 1.25. The van der Waals surface area contributed by atoms with E-state index in [4.69, 9.17) is 9.84 Å². The minimum atomic E-state index is -0.395. The summed E-state index contributed by atoms with van der Waals surface area (Å²) in [6.07, 6.45) is 0.157. The molecule has 2 N–H and O–H groups in total. The van der Waals surface area contributed by atoms with Gasteiger partial charge in [0.05, 0.1) is 6.10 Å². The lowest BCUT2D eigenvalue weighted by molar-refractivity contribution is -0.123. The Morgan fingerprint density at radius 3 is 2.65 bits per heavy atom. The molecule has 0 fully saturated rings. The van der Waals surface area contributed by atoms with Crippen molar-refractivity contribution in [3.8, 4) is 5.75 Å². The van der Waals surface area contributed by atoms with Crippen LogP contribution in [0.4, 0.5) is 0 Å². The summed E-state index contributed by atoms with van der Waals surface area (Å²) in [5, 5.41) is 11.7. The number of amides is 1. The molecule has 0 aromatic heterocycles. The van der Waals surface area contributed by atoms with Crippen LogP contribution in [0.2, 0.25) is 0 Å². The molecule has 0 heterocycles. The molecule has 0 radical (unpaired) electrons. The Morgan fingerprint density at radius 2 is 2.06 bits per heavy atom. The summed E-state index contributed by atoms with van der Waals surface area (Å²) in [7, 11) is 0. The zero-order valence-electron chi connectivity index (χ0n) is 10.3. The molecule has 1 rings (SSSR count). The number of nitrogens with one attached hydrogen (secondary N) is 1. The van der Waals surface area contributed by atoms with Gasteiger partial charge in [0.1, 0.15) is 5.75 Å². The van der Waals surface area contributed by atoms with E-state index in [1.807, 2.05) is 31.2 Å². The second-order valence-electron chi connectivity index (χ2n) is 4.09. The first-order valence-corrected chi connectivity index (χ1v) is 5.72. The average molecular weight is 237 g/mol. The van der Waals surface area contributed by atoms with E-state index in [1.165, 1.54) is 0 Å². The number of hydrogen-bond donors (Lipinski definition) is 2. The van der Waals surface area contributed by atoms with Gasteiger partial charge >= 0.3 is 0 Å². The van der Waals surface area contributed by atoms with Gasteiger partial charge in [-0.05, 0) is 32.4 Å². The third-order valence-electron chi connectivity index (χ3n) is 2.28. The first-order chi connectivity index (χ1) is 8.08. The lowest BCUT2D eigenvalue weighted by Gasteiger charge is -2.08. The van der Waals surface area contributed by atoms with Gasteiger partial charge in [0.15, 0.2) is 6.61 Å². The smallest absolute Gasteiger partial charge is 0.257 e. The molecule has 4 heteroatoms. The SMILES string of the molecule is Cc1ccc(OCC(=O)NCCC(C)O)cc1. The summed E-state index contributed by atoms with van der Waals surface area (Å²) in [6, 6.07) is 7.53. The monoisotopic (exact) mass is 237 g/mol. The molecular formula is C13H19NO3. The lowest BCUT2D eigenvalue weighted by Crippen LogP contribution is -2.31.